The summed E-state index contributed by atoms with van der Waals surface area (Å²) in [5, 5.41) is 9.32. The van der Waals surface area contributed by atoms with Gasteiger partial charge < -0.3 is 0 Å². The number of fused-ring (bicyclic) bond motifs is 1. The predicted octanol–water partition coefficient (Wildman–Crippen LogP) is 5.77. The molecule has 4 rings (SSSR count). The summed E-state index contributed by atoms with van der Waals surface area (Å²) in [6.45, 7) is 6.78. The minimum absolute atomic E-state index is 0.169. The second-order valence-electron chi connectivity index (χ2n) is 8.93. The standard InChI is InChI=1S/C26H28N2O/c1-16-12-21-13-25(29)18(3)26(21)23(17(16)2)11-10-22-9-8-20(15-28-22)24-7-5-4-6-19(24)14-27/h4-11,15-18,21,23,26H,12-13H2,1-3H3/b11-10+/t16-,17+,18-,21-,23-,26+/m0/s1. The molecule has 6 atom stereocenters. The van der Waals surface area contributed by atoms with Crippen molar-refractivity contribution in [3.8, 4) is 17.2 Å². The molecule has 3 heteroatoms. The van der Waals surface area contributed by atoms with E-state index in [-0.39, 0.29) is 5.92 Å². The highest BCUT2D eigenvalue weighted by Crippen LogP contribution is 2.51. The number of carbonyl (C=O) groups excluding carboxylic acids is 1. The summed E-state index contributed by atoms with van der Waals surface area (Å²) in [6.07, 6.45) is 8.20. The molecule has 3 nitrogen and oxygen atoms in total. The highest BCUT2D eigenvalue weighted by molar-refractivity contribution is 5.83. The number of carbonyl (C=O) groups is 1. The van der Waals surface area contributed by atoms with Crippen molar-refractivity contribution in [3.05, 3.63) is 59.9 Å². The van der Waals surface area contributed by atoms with E-state index in [0.717, 1.165) is 23.2 Å². The summed E-state index contributed by atoms with van der Waals surface area (Å²) in [5.74, 6) is 3.25. The third-order valence-corrected chi connectivity index (χ3v) is 7.35. The number of pyridine rings is 1. The molecule has 0 spiro atoms. The molecule has 1 aromatic carbocycles. The Morgan fingerprint density at radius 3 is 2.66 bits per heavy atom. The fraction of sp³-hybridized carbons (Fsp3) is 0.423. The van der Waals surface area contributed by atoms with Gasteiger partial charge in [0, 0.05) is 29.7 Å². The van der Waals surface area contributed by atoms with Crippen LogP contribution >= 0.6 is 0 Å². The van der Waals surface area contributed by atoms with Crippen LogP contribution in [-0.4, -0.2) is 10.8 Å². The van der Waals surface area contributed by atoms with Crippen molar-refractivity contribution in [1.82, 2.24) is 4.98 Å². The van der Waals surface area contributed by atoms with Crippen LogP contribution < -0.4 is 0 Å². The summed E-state index contributed by atoms with van der Waals surface area (Å²) in [6, 6.07) is 13.9. The van der Waals surface area contributed by atoms with E-state index in [1.54, 1.807) is 0 Å². The van der Waals surface area contributed by atoms with Crippen molar-refractivity contribution in [3.63, 3.8) is 0 Å². The summed E-state index contributed by atoms with van der Waals surface area (Å²) >= 11 is 0. The Morgan fingerprint density at radius 2 is 1.93 bits per heavy atom. The summed E-state index contributed by atoms with van der Waals surface area (Å²) < 4.78 is 0. The van der Waals surface area contributed by atoms with Crippen LogP contribution in [0.5, 0.6) is 0 Å². The Hall–Kier alpha value is -2.73. The van der Waals surface area contributed by atoms with Crippen molar-refractivity contribution in [1.29, 1.82) is 5.26 Å². The van der Waals surface area contributed by atoms with E-state index in [1.165, 1.54) is 6.42 Å². The first-order chi connectivity index (χ1) is 14.0. The van der Waals surface area contributed by atoms with Gasteiger partial charge in [-0.25, -0.2) is 0 Å². The van der Waals surface area contributed by atoms with Gasteiger partial charge in [-0.15, -0.1) is 0 Å². The number of Topliss-reactive ketones (excluding diaryl/α,β-unsaturated/α-hetero) is 1. The molecule has 0 bridgehead atoms. The monoisotopic (exact) mass is 384 g/mol. The average molecular weight is 385 g/mol. The van der Waals surface area contributed by atoms with Gasteiger partial charge in [0.2, 0.25) is 0 Å². The molecule has 0 saturated heterocycles. The highest BCUT2D eigenvalue weighted by atomic mass is 16.1. The van der Waals surface area contributed by atoms with Gasteiger partial charge in [0.25, 0.3) is 0 Å². The van der Waals surface area contributed by atoms with Crippen LogP contribution in [0.4, 0.5) is 0 Å². The fourth-order valence-electron chi connectivity index (χ4n) is 5.52. The number of benzene rings is 1. The molecular formula is C26H28N2O. The van der Waals surface area contributed by atoms with Crippen LogP contribution in [0.2, 0.25) is 0 Å². The number of nitriles is 1. The zero-order valence-electron chi connectivity index (χ0n) is 17.4. The Kier molecular flexibility index (Phi) is 5.37. The van der Waals surface area contributed by atoms with E-state index in [9.17, 15) is 10.1 Å². The van der Waals surface area contributed by atoms with Crippen molar-refractivity contribution in [2.24, 2.45) is 35.5 Å². The lowest BCUT2D eigenvalue weighted by Crippen LogP contribution is -2.36. The second-order valence-corrected chi connectivity index (χ2v) is 8.93. The molecular weight excluding hydrogens is 356 g/mol. The fourth-order valence-corrected chi connectivity index (χ4v) is 5.52. The van der Waals surface area contributed by atoms with Gasteiger partial charge in [-0.3, -0.25) is 9.78 Å². The molecule has 1 heterocycles. The van der Waals surface area contributed by atoms with E-state index >= 15 is 0 Å². The molecule has 1 aromatic heterocycles. The maximum absolute atomic E-state index is 12.3. The molecule has 2 fully saturated rings. The highest BCUT2D eigenvalue weighted by Gasteiger charge is 2.48. The van der Waals surface area contributed by atoms with Crippen LogP contribution in [0, 0.1) is 46.8 Å². The molecule has 29 heavy (non-hydrogen) atoms. The summed E-state index contributed by atoms with van der Waals surface area (Å²) in [7, 11) is 0. The lowest BCUT2D eigenvalue weighted by Gasteiger charge is -2.42. The maximum Gasteiger partial charge on any atom is 0.136 e. The van der Waals surface area contributed by atoms with Crippen LogP contribution in [0.3, 0.4) is 0 Å². The first-order valence-corrected chi connectivity index (χ1v) is 10.7. The van der Waals surface area contributed by atoms with Crippen LogP contribution in [0.25, 0.3) is 17.2 Å². The molecule has 2 aliphatic carbocycles. The molecule has 0 unspecified atom stereocenters. The first kappa shape index (κ1) is 19.6. The van der Waals surface area contributed by atoms with Gasteiger partial charge in [0.15, 0.2) is 0 Å². The summed E-state index contributed by atoms with van der Waals surface area (Å²) in [4.78, 5) is 17.0. The van der Waals surface area contributed by atoms with Gasteiger partial charge in [0.05, 0.1) is 17.3 Å². The lowest BCUT2D eigenvalue weighted by molar-refractivity contribution is -0.121. The van der Waals surface area contributed by atoms with E-state index in [2.05, 4.69) is 44.0 Å². The first-order valence-electron chi connectivity index (χ1n) is 10.7. The molecule has 0 N–H and O–H groups in total. The van der Waals surface area contributed by atoms with Gasteiger partial charge in [-0.05, 0) is 54.2 Å². The number of allylic oxidation sites excluding steroid dienone is 1. The van der Waals surface area contributed by atoms with E-state index in [0.29, 0.717) is 40.9 Å². The summed E-state index contributed by atoms with van der Waals surface area (Å²) in [5.41, 5.74) is 3.44. The van der Waals surface area contributed by atoms with Gasteiger partial charge in [0.1, 0.15) is 5.78 Å². The molecule has 2 aliphatic rings. The molecule has 0 radical (unpaired) electrons. The minimum Gasteiger partial charge on any atom is -0.299 e. The molecule has 0 amide bonds. The van der Waals surface area contributed by atoms with Gasteiger partial charge in [-0.1, -0.05) is 51.1 Å². The lowest BCUT2D eigenvalue weighted by atomic mass is 9.62. The molecule has 2 aromatic rings. The molecule has 148 valence electrons. The van der Waals surface area contributed by atoms with Crippen LogP contribution in [0.15, 0.2) is 48.7 Å². The maximum atomic E-state index is 12.3. The topological polar surface area (TPSA) is 53.8 Å². The van der Waals surface area contributed by atoms with Crippen LogP contribution in [-0.2, 0) is 4.79 Å². The zero-order chi connectivity index (χ0) is 20.5. The van der Waals surface area contributed by atoms with E-state index in [1.807, 2.05) is 42.6 Å². The Morgan fingerprint density at radius 1 is 1.14 bits per heavy atom. The average Bonchev–Trinajstić information content (AvgIpc) is 3.02. The van der Waals surface area contributed by atoms with E-state index in [4.69, 9.17) is 0 Å². The SMILES string of the molecule is C[C@H]1[C@H](/C=C/c2ccc(-c3ccccc3C#N)cn2)[C@H]2[C@H](CC(=O)[C@@H]2C)C[C@@H]1C. The number of rotatable bonds is 3. The minimum atomic E-state index is 0.169. The van der Waals surface area contributed by atoms with Crippen molar-refractivity contribution < 1.29 is 4.79 Å². The van der Waals surface area contributed by atoms with Crippen molar-refractivity contribution in [2.75, 3.05) is 0 Å². The third-order valence-electron chi connectivity index (χ3n) is 7.35. The largest absolute Gasteiger partial charge is 0.299 e. The molecule has 2 saturated carbocycles. The van der Waals surface area contributed by atoms with Gasteiger partial charge >= 0.3 is 0 Å². The van der Waals surface area contributed by atoms with Crippen LogP contribution in [0.1, 0.15) is 44.9 Å². The number of nitrogens with zero attached hydrogens (tertiary/aromatic N) is 2. The smallest absolute Gasteiger partial charge is 0.136 e. The zero-order valence-corrected chi connectivity index (χ0v) is 17.4. The number of aromatic nitrogens is 1. The number of hydrogen-bond donors (Lipinski definition) is 0. The quantitative estimate of drug-likeness (QED) is 0.675. The number of ketones is 1. The van der Waals surface area contributed by atoms with Crippen molar-refractivity contribution in [2.45, 2.75) is 33.6 Å². The second kappa shape index (κ2) is 7.95. The normalized spacial score (nSPS) is 31.6. The Labute approximate surface area is 173 Å². The Bertz CT molecular complexity index is 969. The third kappa shape index (κ3) is 3.65. The predicted molar refractivity (Wildman–Crippen MR) is 116 cm³/mol. The molecule has 0 aliphatic heterocycles. The number of hydrogen-bond acceptors (Lipinski definition) is 3. The van der Waals surface area contributed by atoms with Gasteiger partial charge in [-0.2, -0.15) is 5.26 Å². The Balaban J connectivity index is 1.57. The van der Waals surface area contributed by atoms with Crippen molar-refractivity contribution >= 4 is 11.9 Å². The van der Waals surface area contributed by atoms with E-state index < -0.39 is 0 Å².